The minimum atomic E-state index is -0.591. The Morgan fingerprint density at radius 2 is 1.49 bits per heavy atom. The Hall–Kier alpha value is -3.05. The third-order valence-corrected chi connectivity index (χ3v) is 7.47. The number of nitrogens with zero attached hydrogens (tertiary/aromatic N) is 1. The van der Waals surface area contributed by atoms with E-state index in [1.165, 1.54) is 16.7 Å². The first-order valence-electron chi connectivity index (χ1n) is 13.1. The van der Waals surface area contributed by atoms with Crippen LogP contribution in [0, 0.1) is 20.8 Å². The number of hydrogen-bond donors (Lipinski definition) is 1. The van der Waals surface area contributed by atoms with Crippen molar-refractivity contribution in [3.63, 3.8) is 0 Å². The van der Waals surface area contributed by atoms with Crippen LogP contribution in [0.2, 0.25) is 0 Å². The van der Waals surface area contributed by atoms with Crippen LogP contribution in [0.5, 0.6) is 0 Å². The Labute approximate surface area is 226 Å². The van der Waals surface area contributed by atoms with Crippen LogP contribution in [0.3, 0.4) is 0 Å². The molecule has 0 aliphatic rings. The number of rotatable bonds is 12. The number of aryl methyl sites for hydroxylation is 3. The summed E-state index contributed by atoms with van der Waals surface area (Å²) >= 11 is 1.60. The van der Waals surface area contributed by atoms with Gasteiger partial charge >= 0.3 is 0 Å². The molecular weight excluding hydrogens is 476 g/mol. The van der Waals surface area contributed by atoms with Crippen LogP contribution in [-0.4, -0.2) is 34.6 Å². The van der Waals surface area contributed by atoms with Gasteiger partial charge in [-0.2, -0.15) is 0 Å². The van der Waals surface area contributed by atoms with Crippen molar-refractivity contribution in [3.05, 3.63) is 106 Å². The predicted octanol–water partition coefficient (Wildman–Crippen LogP) is 6.40. The molecule has 0 aromatic heterocycles. The molecule has 3 rings (SSSR count). The fraction of sp³-hybridized carbons (Fsp3) is 0.375. The monoisotopic (exact) mass is 516 g/mol. The van der Waals surface area contributed by atoms with E-state index in [-0.39, 0.29) is 17.9 Å². The highest BCUT2D eigenvalue weighted by Crippen LogP contribution is 2.20. The van der Waals surface area contributed by atoms with Crippen LogP contribution in [-0.2, 0) is 28.3 Å². The van der Waals surface area contributed by atoms with E-state index in [9.17, 15) is 9.59 Å². The van der Waals surface area contributed by atoms with Crippen molar-refractivity contribution < 1.29 is 9.59 Å². The minimum Gasteiger partial charge on any atom is -0.352 e. The lowest BCUT2D eigenvalue weighted by atomic mass is 10.0. The topological polar surface area (TPSA) is 49.4 Å². The Morgan fingerprint density at radius 1 is 0.838 bits per heavy atom. The minimum absolute atomic E-state index is 0.0175. The van der Waals surface area contributed by atoms with Gasteiger partial charge in [0, 0.05) is 24.8 Å². The standard InChI is InChI=1S/C32H40N2O2S/c1-6-26(5)33-32(36)30(19-27-12-8-7-9-13-27)34(20-28-14-10-11-23(2)16-28)31(35)22-37-21-29-17-24(3)15-25(4)18-29/h7-18,26,30H,6,19-22H2,1-5H3,(H,33,36)/t26-,30-/m0/s1. The fourth-order valence-electron chi connectivity index (χ4n) is 4.49. The molecule has 2 amide bonds. The van der Waals surface area contributed by atoms with Crippen molar-refractivity contribution in [1.29, 1.82) is 0 Å². The van der Waals surface area contributed by atoms with E-state index in [0.717, 1.165) is 28.9 Å². The first-order valence-corrected chi connectivity index (χ1v) is 14.2. The molecule has 0 aliphatic heterocycles. The second kappa shape index (κ2) is 14.0. The molecule has 0 radical (unpaired) electrons. The van der Waals surface area contributed by atoms with Crippen LogP contribution in [0.25, 0.3) is 0 Å². The Morgan fingerprint density at radius 3 is 2.14 bits per heavy atom. The zero-order valence-corrected chi connectivity index (χ0v) is 23.6. The Balaban J connectivity index is 1.86. The summed E-state index contributed by atoms with van der Waals surface area (Å²) in [5, 5.41) is 3.14. The van der Waals surface area contributed by atoms with Crippen LogP contribution in [0.4, 0.5) is 0 Å². The van der Waals surface area contributed by atoms with Gasteiger partial charge in [-0.3, -0.25) is 9.59 Å². The van der Waals surface area contributed by atoms with Gasteiger partial charge in [-0.1, -0.05) is 96.4 Å². The molecule has 0 saturated carbocycles. The van der Waals surface area contributed by atoms with E-state index in [1.807, 2.05) is 62.4 Å². The van der Waals surface area contributed by atoms with Crippen molar-refractivity contribution >= 4 is 23.6 Å². The van der Waals surface area contributed by atoms with Crippen molar-refractivity contribution in [2.24, 2.45) is 0 Å². The molecule has 0 aliphatic carbocycles. The number of benzene rings is 3. The first-order chi connectivity index (χ1) is 17.7. The predicted molar refractivity (Wildman–Crippen MR) is 156 cm³/mol. The van der Waals surface area contributed by atoms with Gasteiger partial charge in [0.05, 0.1) is 5.75 Å². The molecule has 0 spiro atoms. The summed E-state index contributed by atoms with van der Waals surface area (Å²) in [6, 6.07) is 24.1. The maximum atomic E-state index is 13.8. The molecule has 0 fully saturated rings. The lowest BCUT2D eigenvalue weighted by Crippen LogP contribution is -2.52. The van der Waals surface area contributed by atoms with Crippen molar-refractivity contribution in [2.45, 2.75) is 71.8 Å². The van der Waals surface area contributed by atoms with Crippen LogP contribution in [0.1, 0.15) is 53.6 Å². The third-order valence-electron chi connectivity index (χ3n) is 6.48. The van der Waals surface area contributed by atoms with E-state index in [2.05, 4.69) is 50.4 Å². The molecule has 3 aromatic carbocycles. The molecule has 196 valence electrons. The molecule has 37 heavy (non-hydrogen) atoms. The summed E-state index contributed by atoms with van der Waals surface area (Å²) in [6.07, 6.45) is 1.31. The summed E-state index contributed by atoms with van der Waals surface area (Å²) in [7, 11) is 0. The van der Waals surface area contributed by atoms with Gasteiger partial charge in [-0.15, -0.1) is 11.8 Å². The molecule has 4 nitrogen and oxygen atoms in total. The van der Waals surface area contributed by atoms with E-state index < -0.39 is 6.04 Å². The summed E-state index contributed by atoms with van der Waals surface area (Å²) in [5.74, 6) is 0.963. The van der Waals surface area contributed by atoms with Crippen molar-refractivity contribution in [2.75, 3.05) is 5.75 Å². The summed E-state index contributed by atoms with van der Waals surface area (Å²) in [6.45, 7) is 10.7. The quantitative estimate of drug-likeness (QED) is 0.303. The van der Waals surface area contributed by atoms with Gasteiger partial charge in [0.1, 0.15) is 6.04 Å². The highest BCUT2D eigenvalue weighted by molar-refractivity contribution is 7.99. The normalized spacial score (nSPS) is 12.6. The highest BCUT2D eigenvalue weighted by atomic mass is 32.2. The third kappa shape index (κ3) is 9.08. The van der Waals surface area contributed by atoms with Crippen LogP contribution in [0.15, 0.2) is 72.8 Å². The SMILES string of the molecule is CC[C@H](C)NC(=O)[C@H](Cc1ccccc1)N(Cc1cccc(C)c1)C(=O)CSCc1cc(C)cc(C)c1. The van der Waals surface area contributed by atoms with Crippen molar-refractivity contribution in [3.8, 4) is 0 Å². The van der Waals surface area contributed by atoms with Crippen molar-refractivity contribution in [1.82, 2.24) is 10.2 Å². The molecule has 5 heteroatoms. The van der Waals surface area contributed by atoms with E-state index >= 15 is 0 Å². The molecule has 0 heterocycles. The smallest absolute Gasteiger partial charge is 0.243 e. The maximum Gasteiger partial charge on any atom is 0.243 e. The van der Waals surface area contributed by atoms with Gasteiger partial charge in [0.15, 0.2) is 0 Å². The van der Waals surface area contributed by atoms with Gasteiger partial charge in [0.2, 0.25) is 11.8 Å². The number of amides is 2. The molecule has 0 bridgehead atoms. The number of thioether (sulfide) groups is 1. The highest BCUT2D eigenvalue weighted by Gasteiger charge is 2.30. The number of hydrogen-bond acceptors (Lipinski definition) is 3. The zero-order valence-electron chi connectivity index (χ0n) is 22.8. The number of carbonyl (C=O) groups excluding carboxylic acids is 2. The first kappa shape index (κ1) is 28.5. The van der Waals surface area contributed by atoms with Gasteiger partial charge in [0.25, 0.3) is 0 Å². The zero-order chi connectivity index (χ0) is 26.8. The average molecular weight is 517 g/mol. The largest absolute Gasteiger partial charge is 0.352 e. The second-order valence-corrected chi connectivity index (χ2v) is 11.0. The maximum absolute atomic E-state index is 13.8. The van der Waals surface area contributed by atoms with Gasteiger partial charge < -0.3 is 10.2 Å². The average Bonchev–Trinajstić information content (AvgIpc) is 2.86. The second-order valence-electron chi connectivity index (χ2n) is 10.0. The Kier molecular flexibility index (Phi) is 10.8. The summed E-state index contributed by atoms with van der Waals surface area (Å²) in [5.41, 5.74) is 6.88. The number of carbonyl (C=O) groups is 2. The molecule has 0 unspecified atom stereocenters. The summed E-state index contributed by atoms with van der Waals surface area (Å²) < 4.78 is 0. The van der Waals surface area contributed by atoms with E-state index in [0.29, 0.717) is 18.7 Å². The fourth-order valence-corrected chi connectivity index (χ4v) is 5.34. The van der Waals surface area contributed by atoms with Gasteiger partial charge in [-0.05, 0) is 50.8 Å². The van der Waals surface area contributed by atoms with E-state index in [4.69, 9.17) is 0 Å². The Bertz CT molecular complexity index is 1160. The van der Waals surface area contributed by atoms with Crippen LogP contribution < -0.4 is 5.32 Å². The molecule has 3 aromatic rings. The number of nitrogens with one attached hydrogen (secondary N) is 1. The van der Waals surface area contributed by atoms with Crippen LogP contribution >= 0.6 is 11.8 Å². The lowest BCUT2D eigenvalue weighted by molar-refractivity contribution is -0.139. The molecule has 2 atom stereocenters. The lowest BCUT2D eigenvalue weighted by Gasteiger charge is -2.32. The molecule has 1 N–H and O–H groups in total. The van der Waals surface area contributed by atoms with Gasteiger partial charge in [-0.25, -0.2) is 0 Å². The molecule has 0 saturated heterocycles. The van der Waals surface area contributed by atoms with E-state index in [1.54, 1.807) is 16.7 Å². The molecular formula is C32H40N2O2S. The summed E-state index contributed by atoms with van der Waals surface area (Å²) in [4.78, 5) is 29.1.